The largest absolute Gasteiger partial charge is 0.368 e. The molecule has 5 heteroatoms. The Balaban J connectivity index is 2.70. The number of carbonyl (C=O) groups is 2. The van der Waals surface area contributed by atoms with Gasteiger partial charge in [-0.2, -0.15) is 0 Å². The van der Waals surface area contributed by atoms with Crippen LogP contribution in [0.15, 0.2) is 30.3 Å². The molecule has 0 fully saturated rings. The van der Waals surface area contributed by atoms with Crippen molar-refractivity contribution in [2.45, 2.75) is 13.0 Å². The summed E-state index contributed by atoms with van der Waals surface area (Å²) >= 11 is 0. The number of carbonyl (C=O) groups excluding carboxylic acids is 2. The molecule has 1 rings (SSSR count). The summed E-state index contributed by atoms with van der Waals surface area (Å²) in [6.07, 6.45) is 0.222. The molecular formula is C12H17N3O2. The van der Waals surface area contributed by atoms with Crippen molar-refractivity contribution in [3.05, 3.63) is 35.9 Å². The van der Waals surface area contributed by atoms with E-state index < -0.39 is 5.91 Å². The highest BCUT2D eigenvalue weighted by atomic mass is 16.2. The summed E-state index contributed by atoms with van der Waals surface area (Å²) in [5, 5.41) is 0. The second kappa shape index (κ2) is 6.65. The molecule has 0 bridgehead atoms. The molecule has 1 aromatic rings. The number of benzene rings is 1. The number of primary amides is 1. The van der Waals surface area contributed by atoms with Gasteiger partial charge in [0.1, 0.15) is 0 Å². The van der Waals surface area contributed by atoms with E-state index in [1.54, 1.807) is 0 Å². The number of nitrogens with two attached hydrogens (primary N) is 2. The molecule has 0 heterocycles. The smallest absolute Gasteiger partial charge is 0.237 e. The average molecular weight is 235 g/mol. The van der Waals surface area contributed by atoms with E-state index in [9.17, 15) is 9.59 Å². The van der Waals surface area contributed by atoms with E-state index >= 15 is 0 Å². The Kier molecular flexibility index (Phi) is 5.16. The molecule has 1 aromatic carbocycles. The van der Waals surface area contributed by atoms with Gasteiger partial charge in [-0.05, 0) is 5.56 Å². The van der Waals surface area contributed by atoms with Crippen LogP contribution in [0.3, 0.4) is 0 Å². The van der Waals surface area contributed by atoms with Crippen LogP contribution >= 0.6 is 0 Å². The Morgan fingerprint density at radius 1 is 1.18 bits per heavy atom. The summed E-state index contributed by atoms with van der Waals surface area (Å²) in [7, 11) is 0. The molecule has 0 radical (unpaired) electrons. The number of rotatable bonds is 6. The van der Waals surface area contributed by atoms with Crippen LogP contribution in [0.5, 0.6) is 0 Å². The third kappa shape index (κ3) is 4.65. The van der Waals surface area contributed by atoms with Crippen LogP contribution in [0.25, 0.3) is 0 Å². The summed E-state index contributed by atoms with van der Waals surface area (Å²) in [6, 6.07) is 9.44. The standard InChI is InChI=1S/C12H17N3O2/c13-7-6-12(17)15(9-11(14)16)8-10-4-2-1-3-5-10/h1-5H,6-9,13H2,(H2,14,16). The van der Waals surface area contributed by atoms with Crippen LogP contribution in [-0.2, 0) is 16.1 Å². The van der Waals surface area contributed by atoms with Gasteiger partial charge in [0, 0.05) is 19.5 Å². The van der Waals surface area contributed by atoms with Gasteiger partial charge in [0.15, 0.2) is 0 Å². The van der Waals surface area contributed by atoms with Crippen LogP contribution in [0.4, 0.5) is 0 Å². The molecule has 17 heavy (non-hydrogen) atoms. The fourth-order valence-electron chi connectivity index (χ4n) is 1.51. The fourth-order valence-corrected chi connectivity index (χ4v) is 1.51. The van der Waals surface area contributed by atoms with Crippen molar-refractivity contribution in [2.24, 2.45) is 11.5 Å². The van der Waals surface area contributed by atoms with Gasteiger partial charge in [0.2, 0.25) is 11.8 Å². The molecule has 92 valence electrons. The highest BCUT2D eigenvalue weighted by molar-refractivity contribution is 5.83. The lowest BCUT2D eigenvalue weighted by atomic mass is 10.2. The van der Waals surface area contributed by atoms with Crippen LogP contribution < -0.4 is 11.5 Å². The molecule has 0 aliphatic heterocycles. The average Bonchev–Trinajstić information content (AvgIpc) is 2.29. The third-order valence-corrected chi connectivity index (χ3v) is 2.27. The maximum Gasteiger partial charge on any atom is 0.237 e. The van der Waals surface area contributed by atoms with Gasteiger partial charge in [-0.25, -0.2) is 0 Å². The first-order chi connectivity index (χ1) is 8.13. The summed E-state index contributed by atoms with van der Waals surface area (Å²) in [4.78, 5) is 24.0. The van der Waals surface area contributed by atoms with Crippen LogP contribution in [0.2, 0.25) is 0 Å². The molecule has 4 N–H and O–H groups in total. The number of amides is 2. The highest BCUT2D eigenvalue weighted by Crippen LogP contribution is 2.05. The van der Waals surface area contributed by atoms with E-state index in [0.717, 1.165) is 5.56 Å². The molecular weight excluding hydrogens is 218 g/mol. The van der Waals surface area contributed by atoms with Crippen LogP contribution in [-0.4, -0.2) is 29.8 Å². The van der Waals surface area contributed by atoms with Crippen LogP contribution in [0.1, 0.15) is 12.0 Å². The van der Waals surface area contributed by atoms with Crippen molar-refractivity contribution in [3.8, 4) is 0 Å². The molecule has 0 saturated carbocycles. The fraction of sp³-hybridized carbons (Fsp3) is 0.333. The first kappa shape index (κ1) is 13.2. The maximum absolute atomic E-state index is 11.7. The predicted molar refractivity (Wildman–Crippen MR) is 64.7 cm³/mol. The molecule has 0 saturated heterocycles. The first-order valence-corrected chi connectivity index (χ1v) is 5.43. The molecule has 0 aromatic heterocycles. The Morgan fingerprint density at radius 2 is 1.82 bits per heavy atom. The second-order valence-electron chi connectivity index (χ2n) is 3.74. The quantitative estimate of drug-likeness (QED) is 0.718. The van der Waals surface area contributed by atoms with E-state index in [0.29, 0.717) is 6.54 Å². The van der Waals surface area contributed by atoms with Gasteiger partial charge in [-0.1, -0.05) is 30.3 Å². The molecule has 5 nitrogen and oxygen atoms in total. The highest BCUT2D eigenvalue weighted by Gasteiger charge is 2.15. The Morgan fingerprint density at radius 3 is 2.35 bits per heavy atom. The van der Waals surface area contributed by atoms with Gasteiger partial charge >= 0.3 is 0 Å². The topological polar surface area (TPSA) is 89.4 Å². The Bertz CT molecular complexity index is 379. The zero-order valence-corrected chi connectivity index (χ0v) is 9.63. The summed E-state index contributed by atoms with van der Waals surface area (Å²) in [6.45, 7) is 0.569. The molecule has 0 atom stereocenters. The van der Waals surface area contributed by atoms with Crippen molar-refractivity contribution in [1.82, 2.24) is 4.90 Å². The minimum atomic E-state index is -0.522. The predicted octanol–water partition coefficient (Wildman–Crippen LogP) is -0.151. The van der Waals surface area contributed by atoms with Gasteiger partial charge < -0.3 is 16.4 Å². The van der Waals surface area contributed by atoms with Crippen molar-refractivity contribution in [3.63, 3.8) is 0 Å². The van der Waals surface area contributed by atoms with Crippen molar-refractivity contribution < 1.29 is 9.59 Å². The Labute approximate surface area is 100 Å². The van der Waals surface area contributed by atoms with Gasteiger partial charge in [-0.3, -0.25) is 9.59 Å². The molecule has 0 spiro atoms. The molecule has 2 amide bonds. The maximum atomic E-state index is 11.7. The van der Waals surface area contributed by atoms with E-state index in [1.807, 2.05) is 30.3 Å². The third-order valence-electron chi connectivity index (χ3n) is 2.27. The summed E-state index contributed by atoms with van der Waals surface area (Å²) in [5.41, 5.74) is 11.4. The molecule has 0 aliphatic carbocycles. The van der Waals surface area contributed by atoms with E-state index in [1.165, 1.54) is 4.90 Å². The second-order valence-corrected chi connectivity index (χ2v) is 3.74. The monoisotopic (exact) mass is 235 g/mol. The van der Waals surface area contributed by atoms with E-state index in [-0.39, 0.29) is 25.4 Å². The van der Waals surface area contributed by atoms with Crippen molar-refractivity contribution >= 4 is 11.8 Å². The van der Waals surface area contributed by atoms with Gasteiger partial charge in [0.25, 0.3) is 0 Å². The summed E-state index contributed by atoms with van der Waals surface area (Å²) < 4.78 is 0. The zero-order chi connectivity index (χ0) is 12.7. The summed E-state index contributed by atoms with van der Waals surface area (Å²) in [5.74, 6) is -0.679. The lowest BCUT2D eigenvalue weighted by Gasteiger charge is -2.21. The first-order valence-electron chi connectivity index (χ1n) is 5.43. The van der Waals surface area contributed by atoms with Crippen molar-refractivity contribution in [1.29, 1.82) is 0 Å². The number of nitrogens with zero attached hydrogens (tertiary/aromatic N) is 1. The number of hydrogen-bond acceptors (Lipinski definition) is 3. The molecule has 0 aliphatic rings. The SMILES string of the molecule is NCCC(=O)N(CC(N)=O)Cc1ccccc1. The normalized spacial score (nSPS) is 9.94. The van der Waals surface area contributed by atoms with E-state index in [2.05, 4.69) is 0 Å². The lowest BCUT2D eigenvalue weighted by Crippen LogP contribution is -2.38. The molecule has 0 unspecified atom stereocenters. The van der Waals surface area contributed by atoms with Crippen molar-refractivity contribution in [2.75, 3.05) is 13.1 Å². The minimum absolute atomic E-state index is 0.0757. The number of hydrogen-bond donors (Lipinski definition) is 2. The van der Waals surface area contributed by atoms with Gasteiger partial charge in [0.05, 0.1) is 6.54 Å². The van der Waals surface area contributed by atoms with E-state index in [4.69, 9.17) is 11.5 Å². The minimum Gasteiger partial charge on any atom is -0.368 e. The Hall–Kier alpha value is -1.88. The van der Waals surface area contributed by atoms with Crippen LogP contribution in [0, 0.1) is 0 Å². The lowest BCUT2D eigenvalue weighted by molar-refractivity contribution is -0.135. The van der Waals surface area contributed by atoms with Gasteiger partial charge in [-0.15, -0.1) is 0 Å². The zero-order valence-electron chi connectivity index (χ0n) is 9.63.